The maximum Gasteiger partial charge on any atom is 0.333 e. The lowest BCUT2D eigenvalue weighted by Gasteiger charge is -2.06. The zero-order valence-corrected chi connectivity index (χ0v) is 11.0. The third-order valence-corrected chi connectivity index (χ3v) is 2.91. The van der Waals surface area contributed by atoms with Gasteiger partial charge >= 0.3 is 5.69 Å². The van der Waals surface area contributed by atoms with Gasteiger partial charge in [0.2, 0.25) is 0 Å². The van der Waals surface area contributed by atoms with Crippen molar-refractivity contribution in [3.05, 3.63) is 67.0 Å². The molecule has 0 aliphatic carbocycles. The summed E-state index contributed by atoms with van der Waals surface area (Å²) < 4.78 is 14.5. The molecule has 0 atom stereocenters. The van der Waals surface area contributed by atoms with Crippen LogP contribution in [0.4, 0.5) is 10.1 Å². The van der Waals surface area contributed by atoms with Crippen LogP contribution in [0, 0.1) is 15.9 Å². The SMILES string of the molecule is O=c1c(Br)cn(Cc2cncc(F)c2)cc1[N+](=O)[O-]. The Hall–Kier alpha value is -2.09. The fourth-order valence-electron chi connectivity index (χ4n) is 1.55. The van der Waals surface area contributed by atoms with Crippen molar-refractivity contribution in [2.45, 2.75) is 6.54 Å². The number of rotatable bonds is 3. The first-order valence-electron chi connectivity index (χ1n) is 5.11. The molecule has 0 amide bonds. The predicted octanol–water partition coefficient (Wildman–Crippen LogP) is 2.10. The number of aromatic nitrogens is 2. The zero-order valence-electron chi connectivity index (χ0n) is 9.42. The van der Waals surface area contributed by atoms with Crippen LogP contribution in [-0.4, -0.2) is 14.5 Å². The summed E-state index contributed by atoms with van der Waals surface area (Å²) >= 11 is 2.97. The van der Waals surface area contributed by atoms with Crippen LogP contribution in [0.25, 0.3) is 0 Å². The largest absolute Gasteiger partial charge is 0.342 e. The predicted molar refractivity (Wildman–Crippen MR) is 68.4 cm³/mol. The van der Waals surface area contributed by atoms with Gasteiger partial charge in [-0.2, -0.15) is 0 Å². The summed E-state index contributed by atoms with van der Waals surface area (Å²) in [6.07, 6.45) is 5.02. The van der Waals surface area contributed by atoms with E-state index in [1.54, 1.807) is 0 Å². The van der Waals surface area contributed by atoms with E-state index in [0.29, 0.717) is 5.56 Å². The highest BCUT2D eigenvalue weighted by molar-refractivity contribution is 9.10. The molecule has 2 rings (SSSR count). The van der Waals surface area contributed by atoms with Crippen LogP contribution in [0.15, 0.2) is 40.1 Å². The fraction of sp³-hybridized carbons (Fsp3) is 0.0909. The second-order valence-electron chi connectivity index (χ2n) is 3.76. The molecule has 0 aromatic carbocycles. The van der Waals surface area contributed by atoms with Crippen molar-refractivity contribution < 1.29 is 9.31 Å². The fourth-order valence-corrected chi connectivity index (χ4v) is 2.02. The molecule has 0 saturated heterocycles. The smallest absolute Gasteiger partial charge is 0.333 e. The molecule has 2 heterocycles. The molecule has 0 unspecified atom stereocenters. The van der Waals surface area contributed by atoms with Gasteiger partial charge in [-0.05, 0) is 27.6 Å². The van der Waals surface area contributed by atoms with Crippen LogP contribution >= 0.6 is 15.9 Å². The molecule has 0 spiro atoms. The van der Waals surface area contributed by atoms with Gasteiger partial charge in [0.05, 0.1) is 21.8 Å². The van der Waals surface area contributed by atoms with Crippen molar-refractivity contribution >= 4 is 21.6 Å². The van der Waals surface area contributed by atoms with E-state index in [2.05, 4.69) is 20.9 Å². The monoisotopic (exact) mass is 327 g/mol. The Balaban J connectivity index is 2.41. The summed E-state index contributed by atoms with van der Waals surface area (Å²) in [5, 5.41) is 10.7. The normalized spacial score (nSPS) is 10.4. The molecule has 2 aromatic rings. The lowest BCUT2D eigenvalue weighted by Crippen LogP contribution is -2.13. The molecule has 0 fully saturated rings. The van der Waals surface area contributed by atoms with Crippen molar-refractivity contribution in [1.82, 2.24) is 9.55 Å². The second-order valence-corrected chi connectivity index (χ2v) is 4.62. The van der Waals surface area contributed by atoms with Crippen LogP contribution in [0.5, 0.6) is 0 Å². The number of halogens is 2. The van der Waals surface area contributed by atoms with Crippen molar-refractivity contribution in [2.75, 3.05) is 0 Å². The summed E-state index contributed by atoms with van der Waals surface area (Å²) in [5.41, 5.74) is -0.706. The van der Waals surface area contributed by atoms with Crippen molar-refractivity contribution in [3.63, 3.8) is 0 Å². The quantitative estimate of drug-likeness (QED) is 0.638. The average molecular weight is 328 g/mol. The Kier molecular flexibility index (Phi) is 3.70. The molecular weight excluding hydrogens is 321 g/mol. The third kappa shape index (κ3) is 3.02. The minimum Gasteiger partial charge on any atom is -0.342 e. The standard InChI is InChI=1S/C11H7BrFN3O3/c12-9-5-15(6-10(11(9)17)16(18)19)4-7-1-8(13)3-14-2-7/h1-3,5-6H,4H2. The van der Waals surface area contributed by atoms with E-state index < -0.39 is 21.9 Å². The van der Waals surface area contributed by atoms with E-state index in [4.69, 9.17) is 0 Å². The van der Waals surface area contributed by atoms with Crippen molar-refractivity contribution in [3.8, 4) is 0 Å². The molecule has 0 N–H and O–H groups in total. The van der Waals surface area contributed by atoms with E-state index in [0.717, 1.165) is 12.4 Å². The van der Waals surface area contributed by atoms with E-state index in [9.17, 15) is 19.3 Å². The van der Waals surface area contributed by atoms with Gasteiger partial charge in [-0.15, -0.1) is 0 Å². The maximum atomic E-state index is 13.0. The van der Waals surface area contributed by atoms with E-state index in [1.165, 1.54) is 23.0 Å². The number of hydrogen-bond donors (Lipinski definition) is 0. The Morgan fingerprint density at radius 3 is 2.79 bits per heavy atom. The molecule has 8 heteroatoms. The van der Waals surface area contributed by atoms with Gasteiger partial charge in [-0.3, -0.25) is 19.9 Å². The first-order chi connectivity index (χ1) is 8.97. The lowest BCUT2D eigenvalue weighted by molar-refractivity contribution is -0.386. The van der Waals surface area contributed by atoms with Gasteiger partial charge in [-0.1, -0.05) is 0 Å². The molecule has 6 nitrogen and oxygen atoms in total. The molecule has 0 aliphatic rings. The van der Waals surface area contributed by atoms with Crippen LogP contribution in [-0.2, 0) is 6.54 Å². The number of hydrogen-bond acceptors (Lipinski definition) is 4. The third-order valence-electron chi connectivity index (χ3n) is 2.34. The summed E-state index contributed by atoms with van der Waals surface area (Å²) in [4.78, 5) is 25.2. The van der Waals surface area contributed by atoms with Gasteiger partial charge in [0.1, 0.15) is 5.82 Å². The molecular formula is C11H7BrFN3O3. The van der Waals surface area contributed by atoms with Crippen molar-refractivity contribution in [2.24, 2.45) is 0 Å². The first-order valence-corrected chi connectivity index (χ1v) is 5.90. The number of nitrogens with zero attached hydrogens (tertiary/aromatic N) is 3. The van der Waals surface area contributed by atoms with Gasteiger partial charge in [0.25, 0.3) is 5.43 Å². The highest BCUT2D eigenvalue weighted by Crippen LogP contribution is 2.12. The molecule has 19 heavy (non-hydrogen) atoms. The van der Waals surface area contributed by atoms with E-state index >= 15 is 0 Å². The Bertz CT molecular complexity index is 702. The lowest BCUT2D eigenvalue weighted by atomic mass is 10.2. The van der Waals surface area contributed by atoms with Crippen LogP contribution in [0.2, 0.25) is 0 Å². The summed E-state index contributed by atoms with van der Waals surface area (Å²) in [6, 6.07) is 1.27. The molecule has 98 valence electrons. The van der Waals surface area contributed by atoms with Gasteiger partial charge in [-0.25, -0.2) is 4.39 Å². The Morgan fingerprint density at radius 1 is 1.42 bits per heavy atom. The first kappa shape index (κ1) is 13.3. The molecule has 0 saturated carbocycles. The highest BCUT2D eigenvalue weighted by Gasteiger charge is 2.15. The van der Waals surface area contributed by atoms with E-state index in [-0.39, 0.29) is 11.0 Å². The zero-order chi connectivity index (χ0) is 14.0. The summed E-state index contributed by atoms with van der Waals surface area (Å²) in [6.45, 7) is 0.171. The van der Waals surface area contributed by atoms with Gasteiger partial charge < -0.3 is 4.57 Å². The number of nitro groups is 1. The second kappa shape index (κ2) is 5.27. The average Bonchev–Trinajstić information content (AvgIpc) is 2.33. The summed E-state index contributed by atoms with van der Waals surface area (Å²) in [5.74, 6) is -0.493. The summed E-state index contributed by atoms with van der Waals surface area (Å²) in [7, 11) is 0. The molecule has 0 radical (unpaired) electrons. The van der Waals surface area contributed by atoms with Crippen LogP contribution in [0.1, 0.15) is 5.56 Å². The van der Waals surface area contributed by atoms with Gasteiger partial charge in [0, 0.05) is 18.9 Å². The number of pyridine rings is 2. The van der Waals surface area contributed by atoms with Crippen molar-refractivity contribution in [1.29, 1.82) is 0 Å². The van der Waals surface area contributed by atoms with Crippen LogP contribution < -0.4 is 5.43 Å². The van der Waals surface area contributed by atoms with Crippen LogP contribution in [0.3, 0.4) is 0 Å². The van der Waals surface area contributed by atoms with Gasteiger partial charge in [0.15, 0.2) is 0 Å². The molecule has 0 aliphatic heterocycles. The minimum absolute atomic E-state index is 0.0751. The minimum atomic E-state index is -0.757. The Morgan fingerprint density at radius 2 is 2.16 bits per heavy atom. The van der Waals surface area contributed by atoms with E-state index in [1.807, 2.05) is 0 Å². The maximum absolute atomic E-state index is 13.0. The Labute approximate surface area is 114 Å². The highest BCUT2D eigenvalue weighted by atomic mass is 79.9. The molecule has 2 aromatic heterocycles. The topological polar surface area (TPSA) is 78.0 Å². The molecule has 0 bridgehead atoms.